The molecule has 2 aromatic rings. The summed E-state index contributed by atoms with van der Waals surface area (Å²) in [5, 5.41) is 1.15. The van der Waals surface area contributed by atoms with Gasteiger partial charge in [0.1, 0.15) is 0 Å². The summed E-state index contributed by atoms with van der Waals surface area (Å²) >= 11 is 0.309. The molecule has 2 rings (SSSR count). The van der Waals surface area contributed by atoms with E-state index < -0.39 is 46.8 Å². The number of thiazole rings is 1. The van der Waals surface area contributed by atoms with Crippen molar-refractivity contribution in [1.29, 1.82) is 0 Å². The summed E-state index contributed by atoms with van der Waals surface area (Å²) in [4.78, 5) is 15.2. The number of carbonyl (C=O) groups is 1. The normalized spacial score (nSPS) is 14.3. The minimum absolute atomic E-state index is 0.0202. The van der Waals surface area contributed by atoms with Gasteiger partial charge < -0.3 is 0 Å². The number of benzene rings is 1. The molecule has 1 heterocycles. The van der Waals surface area contributed by atoms with Gasteiger partial charge in [-0.1, -0.05) is 38.1 Å². The summed E-state index contributed by atoms with van der Waals surface area (Å²) in [6, 6.07) is 6.37. The Balaban J connectivity index is 2.31. The Morgan fingerprint density at radius 2 is 1.30 bits per heavy atom. The highest BCUT2D eigenvalue weighted by Gasteiger charge is 2.91. The van der Waals surface area contributed by atoms with Gasteiger partial charge in [-0.25, -0.2) is 4.98 Å². The molecule has 17 heteroatoms. The highest BCUT2D eigenvalue weighted by atomic mass is 32.1. The number of nitrogens with one attached hydrogen (secondary N) is 1. The minimum Gasteiger partial charge on any atom is -0.296 e. The van der Waals surface area contributed by atoms with Crippen molar-refractivity contribution in [2.24, 2.45) is 5.92 Å². The molecule has 0 aliphatic heterocycles. The van der Waals surface area contributed by atoms with Crippen molar-refractivity contribution in [3.05, 3.63) is 35.2 Å². The molecule has 0 atom stereocenters. The quantitative estimate of drug-likeness (QED) is 0.310. The number of aromatic nitrogens is 1. The number of hydrogen-bond acceptors (Lipinski definition) is 3. The van der Waals surface area contributed by atoms with E-state index in [1.807, 2.05) is 13.8 Å². The summed E-state index contributed by atoms with van der Waals surface area (Å²) in [5.41, 5.74) is 1.22. The van der Waals surface area contributed by atoms with Gasteiger partial charge in [0.05, 0.1) is 5.69 Å². The first-order chi connectivity index (χ1) is 16.5. The molecule has 37 heavy (non-hydrogen) atoms. The molecule has 1 aromatic heterocycles. The number of alkyl halides is 13. The zero-order chi connectivity index (χ0) is 28.8. The first-order valence-electron chi connectivity index (χ1n) is 9.82. The largest absolute Gasteiger partial charge is 0.460 e. The van der Waals surface area contributed by atoms with Crippen molar-refractivity contribution in [3.8, 4) is 11.3 Å². The van der Waals surface area contributed by atoms with Gasteiger partial charge in [0.25, 0.3) is 0 Å². The fraction of sp³-hybridized carbons (Fsp3) is 0.500. The van der Waals surface area contributed by atoms with Gasteiger partial charge in [-0.3, -0.25) is 10.1 Å². The van der Waals surface area contributed by atoms with E-state index in [9.17, 15) is 61.9 Å². The third kappa shape index (κ3) is 5.23. The molecule has 208 valence electrons. The van der Waals surface area contributed by atoms with Crippen molar-refractivity contribution in [2.45, 2.75) is 56.1 Å². The van der Waals surface area contributed by atoms with Crippen LogP contribution in [0.5, 0.6) is 0 Å². The van der Waals surface area contributed by atoms with Crippen LogP contribution in [0, 0.1) is 5.92 Å². The van der Waals surface area contributed by atoms with Crippen molar-refractivity contribution < 1.29 is 61.9 Å². The lowest BCUT2D eigenvalue weighted by Gasteiger charge is -2.39. The van der Waals surface area contributed by atoms with E-state index in [1.54, 1.807) is 12.1 Å². The molecule has 3 nitrogen and oxygen atoms in total. The molecule has 0 bridgehead atoms. The number of anilines is 1. The van der Waals surface area contributed by atoms with Gasteiger partial charge in [0, 0.05) is 10.9 Å². The zero-order valence-electron chi connectivity index (χ0n) is 18.3. The third-order valence-corrected chi connectivity index (χ3v) is 5.59. The number of rotatable bonds is 9. The number of amides is 1. The molecular weight excluding hydrogens is 563 g/mol. The SMILES string of the molecule is CC(C)Cc1ccc(-c2csc(NC(=O)C(F)(F)C(F)(F)C(F)(F)C(F)(F)C(F)(F)C(F)(F)F)n2)cc1. The van der Waals surface area contributed by atoms with E-state index in [-0.39, 0.29) is 5.69 Å². The van der Waals surface area contributed by atoms with Crippen LogP contribution in [0.3, 0.4) is 0 Å². The molecule has 1 aromatic carbocycles. The third-order valence-electron chi connectivity index (χ3n) is 4.84. The molecule has 0 aliphatic rings. The van der Waals surface area contributed by atoms with Crippen LogP contribution in [0.15, 0.2) is 29.6 Å². The average molecular weight is 578 g/mol. The monoisotopic (exact) mass is 578 g/mol. The Morgan fingerprint density at radius 1 is 0.811 bits per heavy atom. The highest BCUT2D eigenvalue weighted by Crippen LogP contribution is 2.60. The van der Waals surface area contributed by atoms with Gasteiger partial charge in [-0.2, -0.15) is 57.1 Å². The Labute approximate surface area is 203 Å². The molecular formula is C20H15F13N2OS. The van der Waals surface area contributed by atoms with Crippen LogP contribution in [-0.2, 0) is 11.2 Å². The standard InChI is InChI=1S/C20H15F13N2OS/c1-9(2)7-10-3-5-11(6-4-10)12-8-37-14(34-12)35-13(36)15(21,22)16(23,24)17(25,26)18(27,28)19(29,30)20(31,32)33/h3-6,8-9H,7H2,1-2H3,(H,34,35,36). The van der Waals surface area contributed by atoms with Crippen molar-refractivity contribution in [1.82, 2.24) is 4.98 Å². The lowest BCUT2D eigenvalue weighted by molar-refractivity contribution is -0.435. The number of hydrogen-bond donors (Lipinski definition) is 1. The Bertz CT molecular complexity index is 1110. The highest BCUT2D eigenvalue weighted by molar-refractivity contribution is 7.14. The van der Waals surface area contributed by atoms with Crippen LogP contribution < -0.4 is 5.32 Å². The summed E-state index contributed by atoms with van der Waals surface area (Å²) in [6.07, 6.45) is -6.83. The Morgan fingerprint density at radius 3 is 1.76 bits per heavy atom. The van der Waals surface area contributed by atoms with Crippen molar-refractivity contribution in [3.63, 3.8) is 0 Å². The number of halogens is 13. The number of nitrogens with zero attached hydrogens (tertiary/aromatic N) is 1. The molecule has 0 unspecified atom stereocenters. The van der Waals surface area contributed by atoms with Gasteiger partial charge >= 0.3 is 41.7 Å². The lowest BCUT2D eigenvalue weighted by atomic mass is 9.93. The summed E-state index contributed by atoms with van der Waals surface area (Å²) in [5.74, 6) is -41.7. The van der Waals surface area contributed by atoms with Crippen LogP contribution in [0.4, 0.5) is 62.2 Å². The minimum atomic E-state index is -8.08. The molecule has 1 N–H and O–H groups in total. The lowest BCUT2D eigenvalue weighted by Crippen LogP contribution is -2.71. The fourth-order valence-corrected chi connectivity index (χ4v) is 3.55. The second-order valence-corrected chi connectivity index (χ2v) is 9.01. The molecule has 0 saturated carbocycles. The van der Waals surface area contributed by atoms with Crippen molar-refractivity contribution in [2.75, 3.05) is 5.32 Å². The van der Waals surface area contributed by atoms with Gasteiger partial charge in [0.15, 0.2) is 5.13 Å². The fourth-order valence-electron chi connectivity index (χ4n) is 2.83. The maximum atomic E-state index is 13.9. The second-order valence-electron chi connectivity index (χ2n) is 8.16. The first kappa shape index (κ1) is 30.6. The Kier molecular flexibility index (Phi) is 7.96. The first-order valence-corrected chi connectivity index (χ1v) is 10.7. The predicted molar refractivity (Wildman–Crippen MR) is 106 cm³/mol. The average Bonchev–Trinajstić information content (AvgIpc) is 3.20. The van der Waals surface area contributed by atoms with Crippen LogP contribution >= 0.6 is 11.3 Å². The van der Waals surface area contributed by atoms with Crippen LogP contribution in [0.25, 0.3) is 11.3 Å². The smallest absolute Gasteiger partial charge is 0.296 e. The molecule has 1 amide bonds. The van der Waals surface area contributed by atoms with Gasteiger partial charge in [-0.15, -0.1) is 11.3 Å². The van der Waals surface area contributed by atoms with Gasteiger partial charge in [-0.05, 0) is 17.9 Å². The van der Waals surface area contributed by atoms with E-state index in [1.165, 1.54) is 12.1 Å². The molecule has 0 radical (unpaired) electrons. The van der Waals surface area contributed by atoms with E-state index in [0.29, 0.717) is 29.2 Å². The molecule has 0 saturated heterocycles. The predicted octanol–water partition coefficient (Wildman–Crippen LogP) is 7.69. The van der Waals surface area contributed by atoms with Crippen LogP contribution in [0.2, 0.25) is 0 Å². The maximum absolute atomic E-state index is 13.9. The topological polar surface area (TPSA) is 42.0 Å². The second kappa shape index (κ2) is 9.62. The van der Waals surface area contributed by atoms with E-state index in [0.717, 1.165) is 16.3 Å². The van der Waals surface area contributed by atoms with Crippen LogP contribution in [-0.4, -0.2) is 46.7 Å². The van der Waals surface area contributed by atoms with E-state index >= 15 is 0 Å². The number of carbonyl (C=O) groups excluding carboxylic acids is 1. The summed E-state index contributed by atoms with van der Waals surface area (Å²) in [6.45, 7) is 3.89. The van der Waals surface area contributed by atoms with Crippen molar-refractivity contribution >= 4 is 22.4 Å². The summed E-state index contributed by atoms with van der Waals surface area (Å²) < 4.78 is 171. The zero-order valence-corrected chi connectivity index (χ0v) is 19.2. The van der Waals surface area contributed by atoms with E-state index in [2.05, 4.69) is 4.98 Å². The Hall–Kier alpha value is -2.59. The van der Waals surface area contributed by atoms with E-state index in [4.69, 9.17) is 0 Å². The van der Waals surface area contributed by atoms with Crippen LogP contribution in [0.1, 0.15) is 19.4 Å². The molecule has 0 spiro atoms. The van der Waals surface area contributed by atoms with Gasteiger partial charge in [0.2, 0.25) is 0 Å². The molecule has 0 aliphatic carbocycles. The maximum Gasteiger partial charge on any atom is 0.460 e. The molecule has 0 fully saturated rings. The summed E-state index contributed by atoms with van der Waals surface area (Å²) in [7, 11) is 0.